The quantitative estimate of drug-likeness (QED) is 0.761. The minimum Gasteiger partial charge on any atom is -0.454 e. The van der Waals surface area contributed by atoms with Gasteiger partial charge in [0.2, 0.25) is 12.7 Å². The van der Waals surface area contributed by atoms with Gasteiger partial charge in [-0.25, -0.2) is 4.98 Å². The predicted molar refractivity (Wildman–Crippen MR) is 104 cm³/mol. The highest BCUT2D eigenvalue weighted by Gasteiger charge is 2.27. The Hall–Kier alpha value is -3.28. The lowest BCUT2D eigenvalue weighted by Gasteiger charge is -2.24. The molecule has 0 aliphatic carbocycles. The summed E-state index contributed by atoms with van der Waals surface area (Å²) in [6.45, 7) is 3.13. The van der Waals surface area contributed by atoms with Crippen LogP contribution in [0.25, 0.3) is 0 Å². The molecule has 6 nitrogen and oxygen atoms in total. The zero-order valence-corrected chi connectivity index (χ0v) is 15.1. The summed E-state index contributed by atoms with van der Waals surface area (Å²) in [4.78, 5) is 11.4. The Morgan fingerprint density at radius 2 is 2.00 bits per heavy atom. The number of fused-ring (bicyclic) bond motifs is 2. The van der Waals surface area contributed by atoms with Gasteiger partial charge < -0.3 is 19.7 Å². The molecule has 0 saturated heterocycles. The Morgan fingerprint density at radius 1 is 1.11 bits per heavy atom. The fourth-order valence-electron chi connectivity index (χ4n) is 3.72. The molecule has 1 atom stereocenters. The van der Waals surface area contributed by atoms with Crippen LogP contribution in [0.2, 0.25) is 0 Å². The molecule has 1 aromatic heterocycles. The van der Waals surface area contributed by atoms with Crippen molar-refractivity contribution >= 4 is 17.5 Å². The number of hydrogen-bond donors (Lipinski definition) is 1. The third-order valence-electron chi connectivity index (χ3n) is 4.98. The molecule has 0 amide bonds. The third kappa shape index (κ3) is 2.93. The molecule has 2 aromatic carbocycles. The van der Waals surface area contributed by atoms with Gasteiger partial charge in [0.25, 0.3) is 0 Å². The van der Waals surface area contributed by atoms with Crippen molar-refractivity contribution in [3.8, 4) is 11.5 Å². The topological polar surface area (TPSA) is 59.5 Å². The Balaban J connectivity index is 1.35. The van der Waals surface area contributed by atoms with Gasteiger partial charge in [-0.3, -0.25) is 0 Å². The molecule has 0 fully saturated rings. The van der Waals surface area contributed by atoms with E-state index in [2.05, 4.69) is 46.4 Å². The summed E-state index contributed by atoms with van der Waals surface area (Å²) in [6.07, 6.45) is 2.83. The molecule has 3 heterocycles. The molecule has 3 aromatic rings. The predicted octanol–water partition coefficient (Wildman–Crippen LogP) is 3.90. The molecule has 27 heavy (non-hydrogen) atoms. The lowest BCUT2D eigenvalue weighted by Crippen LogP contribution is -2.25. The van der Waals surface area contributed by atoms with E-state index >= 15 is 0 Å². The molecule has 136 valence electrons. The first-order valence-corrected chi connectivity index (χ1v) is 9.10. The maximum Gasteiger partial charge on any atom is 0.231 e. The van der Waals surface area contributed by atoms with Crippen molar-refractivity contribution in [2.24, 2.45) is 0 Å². The summed E-state index contributed by atoms with van der Waals surface area (Å²) >= 11 is 0. The molecule has 2 aliphatic rings. The van der Waals surface area contributed by atoms with Crippen LogP contribution in [0.4, 0.5) is 17.5 Å². The van der Waals surface area contributed by atoms with Crippen LogP contribution < -0.4 is 19.7 Å². The van der Waals surface area contributed by atoms with Crippen molar-refractivity contribution in [3.05, 3.63) is 65.9 Å². The molecule has 5 rings (SSSR count). The molecule has 1 unspecified atom stereocenters. The van der Waals surface area contributed by atoms with E-state index in [1.165, 1.54) is 11.3 Å². The standard InChI is InChI=1S/C21H20N4O2/c1-14-10-16-4-2-3-5-17(16)25(14)20-8-9-22-21(24-20)23-12-15-6-7-18-19(11-15)27-13-26-18/h2-9,11,14H,10,12-13H2,1H3,(H,22,23,24). The van der Waals surface area contributed by atoms with Crippen LogP contribution >= 0.6 is 0 Å². The normalized spacial score (nSPS) is 17.1. The minimum atomic E-state index is 0.285. The molecule has 1 N–H and O–H groups in total. The van der Waals surface area contributed by atoms with Crippen molar-refractivity contribution in [1.29, 1.82) is 0 Å². The number of aromatic nitrogens is 2. The molecular weight excluding hydrogens is 340 g/mol. The average Bonchev–Trinajstić information content (AvgIpc) is 3.29. The van der Waals surface area contributed by atoms with Crippen LogP contribution in [0.3, 0.4) is 0 Å². The Bertz CT molecular complexity index is 991. The lowest BCUT2D eigenvalue weighted by molar-refractivity contribution is 0.174. The summed E-state index contributed by atoms with van der Waals surface area (Å²) in [7, 11) is 0. The number of anilines is 3. The molecule has 0 saturated carbocycles. The highest BCUT2D eigenvalue weighted by Crippen LogP contribution is 2.37. The number of nitrogens with one attached hydrogen (secondary N) is 1. The molecule has 2 aliphatic heterocycles. The smallest absolute Gasteiger partial charge is 0.231 e. The zero-order chi connectivity index (χ0) is 18.2. The minimum absolute atomic E-state index is 0.285. The molecule has 0 bridgehead atoms. The van der Waals surface area contributed by atoms with E-state index in [1.54, 1.807) is 6.20 Å². The fourth-order valence-corrected chi connectivity index (χ4v) is 3.72. The number of ether oxygens (including phenoxy) is 2. The van der Waals surface area contributed by atoms with Gasteiger partial charge in [0.05, 0.1) is 0 Å². The summed E-state index contributed by atoms with van der Waals surface area (Å²) in [5, 5.41) is 3.31. The Labute approximate surface area is 157 Å². The second kappa shape index (κ2) is 6.46. The number of benzene rings is 2. The average molecular weight is 360 g/mol. The molecule has 0 spiro atoms. The van der Waals surface area contributed by atoms with Crippen molar-refractivity contribution in [2.45, 2.75) is 25.9 Å². The van der Waals surface area contributed by atoms with E-state index in [9.17, 15) is 0 Å². The zero-order valence-electron chi connectivity index (χ0n) is 15.1. The van der Waals surface area contributed by atoms with Gasteiger partial charge in [-0.2, -0.15) is 4.98 Å². The van der Waals surface area contributed by atoms with E-state index in [4.69, 9.17) is 14.5 Å². The maximum atomic E-state index is 5.43. The van der Waals surface area contributed by atoms with Gasteiger partial charge >= 0.3 is 0 Å². The molecular formula is C21H20N4O2. The van der Waals surface area contributed by atoms with E-state index in [0.29, 0.717) is 18.5 Å². The van der Waals surface area contributed by atoms with Crippen molar-refractivity contribution in [1.82, 2.24) is 9.97 Å². The van der Waals surface area contributed by atoms with Gasteiger partial charge in [-0.15, -0.1) is 0 Å². The van der Waals surface area contributed by atoms with Crippen LogP contribution in [0.1, 0.15) is 18.1 Å². The SMILES string of the molecule is CC1Cc2ccccc2N1c1ccnc(NCc2ccc3c(c2)OCO3)n1. The number of hydrogen-bond acceptors (Lipinski definition) is 6. The first-order chi connectivity index (χ1) is 13.3. The fraction of sp³-hybridized carbons (Fsp3) is 0.238. The van der Waals surface area contributed by atoms with E-state index in [1.807, 2.05) is 24.3 Å². The highest BCUT2D eigenvalue weighted by molar-refractivity contribution is 5.69. The largest absolute Gasteiger partial charge is 0.454 e. The van der Waals surface area contributed by atoms with Crippen molar-refractivity contribution in [2.75, 3.05) is 17.0 Å². The maximum absolute atomic E-state index is 5.43. The first kappa shape index (κ1) is 15.9. The van der Waals surface area contributed by atoms with E-state index in [-0.39, 0.29) is 6.79 Å². The summed E-state index contributed by atoms with van der Waals surface area (Å²) < 4.78 is 10.8. The Morgan fingerprint density at radius 3 is 2.96 bits per heavy atom. The second-order valence-corrected chi connectivity index (χ2v) is 6.83. The van der Waals surface area contributed by atoms with E-state index < -0.39 is 0 Å². The molecule has 6 heteroatoms. The highest BCUT2D eigenvalue weighted by atomic mass is 16.7. The van der Waals surface area contributed by atoms with Crippen LogP contribution in [0.15, 0.2) is 54.7 Å². The van der Waals surface area contributed by atoms with Crippen molar-refractivity contribution < 1.29 is 9.47 Å². The van der Waals surface area contributed by atoms with Gasteiger partial charge in [0, 0.05) is 24.5 Å². The van der Waals surface area contributed by atoms with Crippen LogP contribution in [-0.4, -0.2) is 22.8 Å². The van der Waals surface area contributed by atoms with Crippen LogP contribution in [0, 0.1) is 0 Å². The van der Waals surface area contributed by atoms with Gasteiger partial charge in [-0.1, -0.05) is 24.3 Å². The second-order valence-electron chi connectivity index (χ2n) is 6.83. The summed E-state index contributed by atoms with van der Waals surface area (Å²) in [5.74, 6) is 3.10. The van der Waals surface area contributed by atoms with Gasteiger partial charge in [-0.05, 0) is 48.7 Å². The number of rotatable bonds is 4. The monoisotopic (exact) mass is 360 g/mol. The third-order valence-corrected chi connectivity index (χ3v) is 4.98. The summed E-state index contributed by atoms with van der Waals surface area (Å²) in [5.41, 5.74) is 3.68. The van der Waals surface area contributed by atoms with Crippen LogP contribution in [0.5, 0.6) is 11.5 Å². The van der Waals surface area contributed by atoms with Gasteiger partial charge in [0.15, 0.2) is 11.5 Å². The summed E-state index contributed by atoms with van der Waals surface area (Å²) in [6, 6.07) is 16.8. The number of nitrogens with zero attached hydrogens (tertiary/aromatic N) is 3. The van der Waals surface area contributed by atoms with Crippen molar-refractivity contribution in [3.63, 3.8) is 0 Å². The van der Waals surface area contributed by atoms with Gasteiger partial charge in [0.1, 0.15) is 5.82 Å². The van der Waals surface area contributed by atoms with Crippen LogP contribution in [-0.2, 0) is 13.0 Å². The molecule has 0 radical (unpaired) electrons. The first-order valence-electron chi connectivity index (χ1n) is 9.10. The lowest BCUT2D eigenvalue weighted by atomic mass is 10.1. The number of para-hydroxylation sites is 1. The van der Waals surface area contributed by atoms with E-state index in [0.717, 1.165) is 29.3 Å². The Kier molecular flexibility index (Phi) is 3.81.